The summed E-state index contributed by atoms with van der Waals surface area (Å²) in [5, 5.41) is 2.97. The van der Waals surface area contributed by atoms with Gasteiger partial charge in [-0.3, -0.25) is 19.3 Å². The molecule has 140 valence electrons. The summed E-state index contributed by atoms with van der Waals surface area (Å²) >= 11 is 0. The maximum absolute atomic E-state index is 12.7. The van der Waals surface area contributed by atoms with E-state index in [1.54, 1.807) is 12.1 Å². The Bertz CT molecular complexity index is 748. The average Bonchev–Trinajstić information content (AvgIpc) is 3.24. The summed E-state index contributed by atoms with van der Waals surface area (Å²) in [7, 11) is 0. The molecular weight excluding hydrogens is 354 g/mol. The van der Waals surface area contributed by atoms with Gasteiger partial charge in [0.05, 0.1) is 11.6 Å². The summed E-state index contributed by atoms with van der Waals surface area (Å²) in [4.78, 5) is 37.7. The van der Waals surface area contributed by atoms with Crippen LogP contribution in [-0.4, -0.2) is 23.8 Å². The van der Waals surface area contributed by atoms with Crippen molar-refractivity contribution in [3.63, 3.8) is 0 Å². The highest BCUT2D eigenvalue weighted by molar-refractivity contribution is 6.20. The predicted octanol–water partition coefficient (Wildman–Crippen LogP) is 2.38. The van der Waals surface area contributed by atoms with E-state index in [2.05, 4.69) is 5.32 Å². The van der Waals surface area contributed by atoms with Crippen molar-refractivity contribution in [2.75, 3.05) is 10.2 Å². The van der Waals surface area contributed by atoms with E-state index in [1.165, 1.54) is 4.90 Å². The topological polar surface area (TPSA) is 92.5 Å². The van der Waals surface area contributed by atoms with Crippen molar-refractivity contribution in [2.45, 2.75) is 45.1 Å². The summed E-state index contributed by atoms with van der Waals surface area (Å²) in [6, 6.07) is 5.24. The second-order valence-corrected chi connectivity index (χ2v) is 7.55. The number of nitrogens with zero attached hydrogens (tertiary/aromatic N) is 1. The van der Waals surface area contributed by atoms with Gasteiger partial charge in [0.1, 0.15) is 0 Å². The third-order valence-electron chi connectivity index (χ3n) is 6.04. The standard InChI is InChI=1S/C19H23N3O3.ClH/c1-10-8-13(4-5-14(10)22-15(23)6-7-16(22)24)21-19(25)17-11-2-3-12(9-11)18(17)20;/h4-5,8,11-12,17-18H,2-3,6-7,9,20H2,1H3,(H,21,25);1H. The number of rotatable bonds is 3. The van der Waals surface area contributed by atoms with E-state index in [4.69, 9.17) is 5.73 Å². The first-order valence-electron chi connectivity index (χ1n) is 8.98. The molecule has 0 aromatic heterocycles. The molecule has 26 heavy (non-hydrogen) atoms. The number of nitrogens with one attached hydrogen (secondary N) is 1. The Labute approximate surface area is 158 Å². The van der Waals surface area contributed by atoms with Crippen LogP contribution < -0.4 is 16.0 Å². The zero-order valence-corrected chi connectivity index (χ0v) is 15.6. The number of anilines is 2. The van der Waals surface area contributed by atoms with E-state index in [9.17, 15) is 14.4 Å². The number of fused-ring (bicyclic) bond motifs is 2. The first-order chi connectivity index (χ1) is 12.0. The summed E-state index contributed by atoms with van der Waals surface area (Å²) in [5.41, 5.74) is 8.31. The third kappa shape index (κ3) is 3.01. The molecule has 3 fully saturated rings. The van der Waals surface area contributed by atoms with Crippen LogP contribution in [0, 0.1) is 24.7 Å². The molecule has 3 aliphatic rings. The van der Waals surface area contributed by atoms with Gasteiger partial charge in [-0.2, -0.15) is 0 Å². The molecule has 4 atom stereocenters. The minimum atomic E-state index is -0.169. The maximum Gasteiger partial charge on any atom is 0.234 e. The monoisotopic (exact) mass is 377 g/mol. The van der Waals surface area contributed by atoms with Crippen molar-refractivity contribution >= 4 is 41.5 Å². The minimum absolute atomic E-state index is 0. The Kier molecular flexibility index (Phi) is 5.08. The maximum atomic E-state index is 12.7. The smallest absolute Gasteiger partial charge is 0.234 e. The number of halogens is 1. The van der Waals surface area contributed by atoms with Gasteiger partial charge in [-0.1, -0.05) is 0 Å². The van der Waals surface area contributed by atoms with Crippen LogP contribution in [0.25, 0.3) is 0 Å². The molecule has 2 bridgehead atoms. The molecule has 1 aromatic rings. The number of aryl methyl sites for hydroxylation is 1. The fraction of sp³-hybridized carbons (Fsp3) is 0.526. The SMILES string of the molecule is Cc1cc(NC(=O)C2C3CCC(C3)C2N)ccc1N1C(=O)CCC1=O.Cl. The zero-order valence-electron chi connectivity index (χ0n) is 14.7. The van der Waals surface area contributed by atoms with Crippen molar-refractivity contribution < 1.29 is 14.4 Å². The van der Waals surface area contributed by atoms with Gasteiger partial charge < -0.3 is 11.1 Å². The van der Waals surface area contributed by atoms with Gasteiger partial charge in [0.25, 0.3) is 0 Å². The number of nitrogens with two attached hydrogens (primary N) is 1. The molecular formula is C19H24ClN3O3. The molecule has 1 aromatic carbocycles. The van der Waals surface area contributed by atoms with Crippen LogP contribution in [0.4, 0.5) is 11.4 Å². The number of carbonyl (C=O) groups is 3. The summed E-state index contributed by atoms with van der Waals surface area (Å²) in [6.45, 7) is 1.84. The highest BCUT2D eigenvalue weighted by Gasteiger charge is 2.49. The van der Waals surface area contributed by atoms with Gasteiger partial charge in [-0.25, -0.2) is 0 Å². The van der Waals surface area contributed by atoms with Crippen LogP contribution in [0.2, 0.25) is 0 Å². The Balaban J connectivity index is 0.00000196. The Morgan fingerprint density at radius 1 is 1.15 bits per heavy atom. The van der Waals surface area contributed by atoms with E-state index in [0.29, 0.717) is 23.2 Å². The largest absolute Gasteiger partial charge is 0.327 e. The molecule has 4 unspecified atom stereocenters. The normalized spacial score (nSPS) is 29.8. The number of carbonyl (C=O) groups excluding carboxylic acids is 3. The molecule has 2 aliphatic carbocycles. The van der Waals surface area contributed by atoms with Crippen LogP contribution in [0.15, 0.2) is 18.2 Å². The molecule has 1 aliphatic heterocycles. The molecule has 1 heterocycles. The molecule has 0 spiro atoms. The summed E-state index contributed by atoms with van der Waals surface area (Å²) in [5.74, 6) is 0.425. The lowest BCUT2D eigenvalue weighted by Gasteiger charge is -2.27. The molecule has 0 radical (unpaired) electrons. The van der Waals surface area contributed by atoms with Crippen LogP contribution in [0.3, 0.4) is 0 Å². The zero-order chi connectivity index (χ0) is 17.7. The van der Waals surface area contributed by atoms with Gasteiger partial charge >= 0.3 is 0 Å². The molecule has 4 rings (SSSR count). The number of imide groups is 1. The number of benzene rings is 1. The second kappa shape index (κ2) is 7.00. The van der Waals surface area contributed by atoms with Crippen molar-refractivity contribution in [1.82, 2.24) is 0 Å². The van der Waals surface area contributed by atoms with Crippen molar-refractivity contribution in [3.05, 3.63) is 23.8 Å². The molecule has 3 N–H and O–H groups in total. The molecule has 1 saturated heterocycles. The van der Waals surface area contributed by atoms with Crippen LogP contribution in [0.1, 0.15) is 37.7 Å². The summed E-state index contributed by atoms with van der Waals surface area (Å²) < 4.78 is 0. The van der Waals surface area contributed by atoms with Crippen molar-refractivity contribution in [1.29, 1.82) is 0 Å². The molecule has 7 heteroatoms. The predicted molar refractivity (Wildman–Crippen MR) is 101 cm³/mol. The quantitative estimate of drug-likeness (QED) is 0.791. The number of hydrogen-bond acceptors (Lipinski definition) is 4. The lowest BCUT2D eigenvalue weighted by atomic mass is 9.84. The highest BCUT2D eigenvalue weighted by Crippen LogP contribution is 2.48. The first-order valence-corrected chi connectivity index (χ1v) is 8.98. The highest BCUT2D eigenvalue weighted by atomic mass is 35.5. The Morgan fingerprint density at radius 3 is 2.38 bits per heavy atom. The Morgan fingerprint density at radius 2 is 1.81 bits per heavy atom. The van der Waals surface area contributed by atoms with Crippen LogP contribution in [-0.2, 0) is 14.4 Å². The van der Waals surface area contributed by atoms with Crippen LogP contribution in [0.5, 0.6) is 0 Å². The fourth-order valence-electron chi connectivity index (χ4n) is 4.78. The minimum Gasteiger partial charge on any atom is -0.327 e. The third-order valence-corrected chi connectivity index (χ3v) is 6.04. The van der Waals surface area contributed by atoms with Gasteiger partial charge in [0.15, 0.2) is 0 Å². The second-order valence-electron chi connectivity index (χ2n) is 7.55. The fourth-order valence-corrected chi connectivity index (χ4v) is 4.78. The van der Waals surface area contributed by atoms with E-state index < -0.39 is 0 Å². The van der Waals surface area contributed by atoms with E-state index >= 15 is 0 Å². The van der Waals surface area contributed by atoms with Crippen LogP contribution >= 0.6 is 12.4 Å². The lowest BCUT2D eigenvalue weighted by Crippen LogP contribution is -2.42. The van der Waals surface area contributed by atoms with Crippen molar-refractivity contribution in [2.24, 2.45) is 23.5 Å². The number of amides is 3. The Hall–Kier alpha value is -1.92. The first kappa shape index (κ1) is 18.9. The average molecular weight is 378 g/mol. The van der Waals surface area contributed by atoms with Gasteiger partial charge in [-0.05, 0) is 61.8 Å². The molecule has 6 nitrogen and oxygen atoms in total. The van der Waals surface area contributed by atoms with Gasteiger partial charge in [0, 0.05) is 24.6 Å². The van der Waals surface area contributed by atoms with Gasteiger partial charge in [0.2, 0.25) is 17.7 Å². The lowest BCUT2D eigenvalue weighted by molar-refractivity contribution is -0.122. The van der Waals surface area contributed by atoms with E-state index in [1.807, 2.05) is 13.0 Å². The van der Waals surface area contributed by atoms with Gasteiger partial charge in [-0.15, -0.1) is 12.4 Å². The molecule has 2 saturated carbocycles. The molecule has 3 amide bonds. The van der Waals surface area contributed by atoms with Crippen molar-refractivity contribution in [3.8, 4) is 0 Å². The van der Waals surface area contributed by atoms with E-state index in [-0.39, 0.29) is 54.9 Å². The summed E-state index contributed by atoms with van der Waals surface area (Å²) in [6.07, 6.45) is 3.82. The van der Waals surface area contributed by atoms with E-state index in [0.717, 1.165) is 24.8 Å². The number of hydrogen-bond donors (Lipinski definition) is 2.